The Morgan fingerprint density at radius 2 is 1.75 bits per heavy atom. The molecule has 4 rings (SSSR count). The van der Waals surface area contributed by atoms with Gasteiger partial charge in [-0.15, -0.1) is 0 Å². The van der Waals surface area contributed by atoms with Crippen LogP contribution in [-0.4, -0.2) is 5.78 Å². The van der Waals surface area contributed by atoms with E-state index < -0.39 is 0 Å². The Morgan fingerprint density at radius 1 is 1.00 bits per heavy atom. The molecule has 0 aliphatic carbocycles. The third-order valence-corrected chi connectivity index (χ3v) is 5.09. The van der Waals surface area contributed by atoms with Crippen LogP contribution in [-0.2, 0) is 6.61 Å². The van der Waals surface area contributed by atoms with Gasteiger partial charge in [-0.25, -0.2) is 0 Å². The highest BCUT2D eigenvalue weighted by Crippen LogP contribution is 2.39. The average Bonchev–Trinajstić information content (AvgIpc) is 3.01. The van der Waals surface area contributed by atoms with Crippen LogP contribution in [0, 0.1) is 13.8 Å². The van der Waals surface area contributed by atoms with Crippen LogP contribution < -0.4 is 9.47 Å². The van der Waals surface area contributed by atoms with E-state index in [9.17, 15) is 4.79 Å². The molecule has 4 heteroatoms. The molecule has 0 amide bonds. The summed E-state index contributed by atoms with van der Waals surface area (Å²) in [5, 5.41) is 0.571. The van der Waals surface area contributed by atoms with Crippen molar-refractivity contribution >= 4 is 23.5 Å². The number of carbonyl (C=O) groups is 1. The fourth-order valence-corrected chi connectivity index (χ4v) is 3.29. The van der Waals surface area contributed by atoms with Crippen molar-refractivity contribution in [1.29, 1.82) is 0 Å². The van der Waals surface area contributed by atoms with Crippen LogP contribution in [0.5, 0.6) is 11.5 Å². The summed E-state index contributed by atoms with van der Waals surface area (Å²) in [5.41, 5.74) is 4.39. The minimum atomic E-state index is -0.150. The van der Waals surface area contributed by atoms with Gasteiger partial charge in [0.15, 0.2) is 5.76 Å². The molecule has 140 valence electrons. The maximum Gasteiger partial charge on any atom is 0.231 e. The van der Waals surface area contributed by atoms with Gasteiger partial charge < -0.3 is 9.47 Å². The molecule has 0 unspecified atom stereocenters. The number of ether oxygens (including phenoxy) is 2. The lowest BCUT2D eigenvalue weighted by Crippen LogP contribution is -1.98. The van der Waals surface area contributed by atoms with Gasteiger partial charge in [-0.2, -0.15) is 0 Å². The lowest BCUT2D eigenvalue weighted by molar-refractivity contribution is 0.101. The van der Waals surface area contributed by atoms with Crippen LogP contribution in [0.2, 0.25) is 5.02 Å². The van der Waals surface area contributed by atoms with Gasteiger partial charge in [-0.1, -0.05) is 59.6 Å². The zero-order chi connectivity index (χ0) is 19.7. The van der Waals surface area contributed by atoms with Crippen molar-refractivity contribution in [3.8, 4) is 11.5 Å². The highest BCUT2D eigenvalue weighted by Gasteiger charge is 2.30. The number of carbonyl (C=O) groups excluding carboxylic acids is 1. The Bertz CT molecular complexity index is 1080. The van der Waals surface area contributed by atoms with Gasteiger partial charge in [0.25, 0.3) is 0 Å². The van der Waals surface area contributed by atoms with Crippen molar-refractivity contribution in [2.45, 2.75) is 20.5 Å². The molecule has 1 aliphatic rings. The van der Waals surface area contributed by atoms with Crippen LogP contribution in [0.4, 0.5) is 0 Å². The minimum absolute atomic E-state index is 0.150. The second-order valence-corrected chi connectivity index (χ2v) is 7.21. The van der Waals surface area contributed by atoms with Crippen molar-refractivity contribution in [3.05, 3.63) is 99.3 Å². The summed E-state index contributed by atoms with van der Waals surface area (Å²) in [7, 11) is 0. The number of rotatable bonds is 4. The first kappa shape index (κ1) is 18.3. The van der Waals surface area contributed by atoms with E-state index in [0.29, 0.717) is 28.7 Å². The first-order valence-corrected chi connectivity index (χ1v) is 9.41. The summed E-state index contributed by atoms with van der Waals surface area (Å²) >= 11 is 6.20. The van der Waals surface area contributed by atoms with Gasteiger partial charge >= 0.3 is 0 Å². The van der Waals surface area contributed by atoms with Crippen molar-refractivity contribution < 1.29 is 14.3 Å². The van der Waals surface area contributed by atoms with E-state index in [1.807, 2.05) is 43.3 Å². The van der Waals surface area contributed by atoms with Crippen molar-refractivity contribution in [2.24, 2.45) is 0 Å². The molecule has 0 aromatic heterocycles. The second-order valence-electron chi connectivity index (χ2n) is 6.80. The first-order chi connectivity index (χ1) is 13.5. The quantitative estimate of drug-likeness (QED) is 0.501. The van der Waals surface area contributed by atoms with Gasteiger partial charge in [-0.3, -0.25) is 4.79 Å². The largest absolute Gasteiger partial charge is 0.488 e. The standard InChI is InChI=1S/C24H19ClO3/c1-15-7-9-17(10-8-15)14-27-21-12-11-19-23(26)22(28-24(19)16(21)2)13-18-5-3-4-6-20(18)25/h3-13H,14H2,1-2H3/b22-13-. The fourth-order valence-electron chi connectivity index (χ4n) is 3.10. The molecule has 3 nitrogen and oxygen atoms in total. The topological polar surface area (TPSA) is 35.5 Å². The molecule has 0 spiro atoms. The number of fused-ring (bicyclic) bond motifs is 1. The van der Waals surface area contributed by atoms with Crippen molar-refractivity contribution in [2.75, 3.05) is 0 Å². The summed E-state index contributed by atoms with van der Waals surface area (Å²) in [6.07, 6.45) is 1.68. The van der Waals surface area contributed by atoms with Gasteiger partial charge in [0, 0.05) is 10.6 Å². The Morgan fingerprint density at radius 3 is 2.50 bits per heavy atom. The lowest BCUT2D eigenvalue weighted by Gasteiger charge is -2.11. The van der Waals surface area contributed by atoms with Gasteiger partial charge in [0.1, 0.15) is 18.1 Å². The SMILES string of the molecule is Cc1ccc(COc2ccc3c(c2C)O/C(=C\c2ccccc2Cl)C3=O)cc1. The summed E-state index contributed by atoms with van der Waals surface area (Å²) in [6, 6.07) is 19.1. The number of Topliss-reactive ketones (excluding diaryl/α,β-unsaturated/α-hetero) is 1. The van der Waals surface area contributed by atoms with Crippen molar-refractivity contribution in [1.82, 2.24) is 0 Å². The Hall–Kier alpha value is -3.04. The van der Waals surface area contributed by atoms with E-state index in [-0.39, 0.29) is 11.5 Å². The highest BCUT2D eigenvalue weighted by molar-refractivity contribution is 6.32. The predicted molar refractivity (Wildman–Crippen MR) is 111 cm³/mol. The number of halogens is 1. The van der Waals surface area contributed by atoms with Gasteiger partial charge in [0.2, 0.25) is 5.78 Å². The van der Waals surface area contributed by atoms with E-state index in [1.165, 1.54) is 5.56 Å². The molecule has 1 aliphatic heterocycles. The molecular formula is C24H19ClO3. The summed E-state index contributed by atoms with van der Waals surface area (Å²) < 4.78 is 11.9. The molecule has 3 aromatic carbocycles. The first-order valence-electron chi connectivity index (χ1n) is 9.03. The Kier molecular flexibility index (Phi) is 4.93. The molecule has 0 saturated carbocycles. The maximum absolute atomic E-state index is 12.7. The molecule has 28 heavy (non-hydrogen) atoms. The Labute approximate surface area is 169 Å². The highest BCUT2D eigenvalue weighted by atomic mass is 35.5. The number of ketones is 1. The van der Waals surface area contributed by atoms with Crippen LogP contribution in [0.15, 0.2) is 66.4 Å². The maximum atomic E-state index is 12.7. The van der Waals surface area contributed by atoms with E-state index in [0.717, 1.165) is 16.7 Å². The molecule has 0 saturated heterocycles. The zero-order valence-corrected chi connectivity index (χ0v) is 16.4. The molecular weight excluding hydrogens is 372 g/mol. The number of hydrogen-bond donors (Lipinski definition) is 0. The lowest BCUT2D eigenvalue weighted by atomic mass is 10.1. The molecule has 0 radical (unpaired) electrons. The molecule has 0 bridgehead atoms. The summed E-state index contributed by atoms with van der Waals surface area (Å²) in [5.74, 6) is 1.36. The molecule has 0 atom stereocenters. The van der Waals surface area contributed by atoms with Crippen LogP contribution >= 0.6 is 11.6 Å². The smallest absolute Gasteiger partial charge is 0.231 e. The monoisotopic (exact) mass is 390 g/mol. The van der Waals surface area contributed by atoms with Gasteiger partial charge in [-0.05, 0) is 49.2 Å². The van der Waals surface area contributed by atoms with Gasteiger partial charge in [0.05, 0.1) is 5.56 Å². The van der Waals surface area contributed by atoms with E-state index in [4.69, 9.17) is 21.1 Å². The molecule has 0 fully saturated rings. The number of benzene rings is 3. The minimum Gasteiger partial charge on any atom is -0.488 e. The van der Waals surface area contributed by atoms with E-state index in [2.05, 4.69) is 19.1 Å². The molecule has 0 N–H and O–H groups in total. The van der Waals surface area contributed by atoms with E-state index in [1.54, 1.807) is 18.2 Å². The summed E-state index contributed by atoms with van der Waals surface area (Å²) in [6.45, 7) is 4.41. The summed E-state index contributed by atoms with van der Waals surface area (Å²) in [4.78, 5) is 12.7. The molecule has 3 aromatic rings. The molecule has 1 heterocycles. The van der Waals surface area contributed by atoms with Crippen LogP contribution in [0.1, 0.15) is 32.6 Å². The van der Waals surface area contributed by atoms with Crippen LogP contribution in [0.25, 0.3) is 6.08 Å². The average molecular weight is 391 g/mol. The third kappa shape index (κ3) is 3.54. The fraction of sp³-hybridized carbons (Fsp3) is 0.125. The van der Waals surface area contributed by atoms with E-state index >= 15 is 0 Å². The van der Waals surface area contributed by atoms with Crippen molar-refractivity contribution in [3.63, 3.8) is 0 Å². The zero-order valence-electron chi connectivity index (χ0n) is 15.7. The van der Waals surface area contributed by atoms with Crippen LogP contribution in [0.3, 0.4) is 0 Å². The number of aryl methyl sites for hydroxylation is 1. The predicted octanol–water partition coefficient (Wildman–Crippen LogP) is 6.15. The number of hydrogen-bond acceptors (Lipinski definition) is 3. The normalized spacial score (nSPS) is 14.1. The second kappa shape index (κ2) is 7.53. The Balaban J connectivity index is 1.58. The number of allylic oxidation sites excluding steroid dienone is 1. The third-order valence-electron chi connectivity index (χ3n) is 4.74.